The van der Waals surface area contributed by atoms with Crippen molar-refractivity contribution in [3.05, 3.63) is 261 Å². The number of pyridine rings is 2. The van der Waals surface area contributed by atoms with Gasteiger partial charge in [-0.05, 0) is 70.5 Å². The van der Waals surface area contributed by atoms with Crippen LogP contribution in [0.4, 0.5) is 0 Å². The number of aromatic nitrogens is 12. The van der Waals surface area contributed by atoms with Crippen molar-refractivity contribution >= 4 is 166 Å². The minimum atomic E-state index is 0.487. The van der Waals surface area contributed by atoms with Crippen molar-refractivity contribution in [1.82, 2.24) is 59.8 Å². The smallest absolute Gasteiger partial charge is 0.199 e. The van der Waals surface area contributed by atoms with E-state index in [0.717, 1.165) is 44.0 Å². The Balaban J connectivity index is 0.0000000940. The second-order valence-electron chi connectivity index (χ2n) is 19.3. The summed E-state index contributed by atoms with van der Waals surface area (Å²) < 4.78 is 0. The van der Waals surface area contributed by atoms with Gasteiger partial charge < -0.3 is 0 Å². The Morgan fingerprint density at radius 3 is 1.23 bits per heavy atom. The summed E-state index contributed by atoms with van der Waals surface area (Å²) in [6.45, 7) is 8.40. The van der Waals surface area contributed by atoms with Crippen LogP contribution >= 0.6 is 8.19 Å². The molecular weight excluding hydrogens is 1050 g/mol. The molecule has 0 N–H and O–H groups in total. The molecule has 17 heteroatoms. The molecule has 0 unspecified atom stereocenters. The van der Waals surface area contributed by atoms with Gasteiger partial charge in [-0.1, -0.05) is 62.8 Å². The first-order valence-corrected chi connectivity index (χ1v) is 28.0. The molecule has 0 radical (unpaired) electrons. The van der Waals surface area contributed by atoms with Crippen molar-refractivity contribution in [1.29, 1.82) is 0 Å². The average molecular weight is 1090 g/mol. The maximum Gasteiger partial charge on any atom is 0.199 e. The first-order valence-electron chi connectivity index (χ1n) is 27.1. The third-order valence-electron chi connectivity index (χ3n) is 13.8. The normalized spacial score (nSPS) is 10.8. The zero-order valence-corrected chi connectivity index (χ0v) is 45.8. The molecule has 0 aliphatic carbocycles. The number of benzene rings is 8. The number of nitrogens with zero attached hydrogens (tertiary/aromatic N) is 12. The molecule has 10 aromatic heterocycles. The van der Waals surface area contributed by atoms with E-state index in [0.29, 0.717) is 22.6 Å². The fraction of sp³-hybridized carbons (Fsp3) is 0. The molecule has 12 nitrogen and oxygen atoms in total. The molecule has 0 spiro atoms. The second kappa shape index (κ2) is 25.1. The molecule has 0 aliphatic heterocycles. The van der Waals surface area contributed by atoms with E-state index in [-0.39, 0.29) is 0 Å². The average Bonchev–Trinajstić information content (AvgIpc) is 3.60. The third-order valence-corrected chi connectivity index (χ3v) is 14.8. The Kier molecular flexibility index (Phi) is 15.8. The number of fused-ring (bicyclic) bond motifs is 12. The number of hydrogen-bond donors (Lipinski definition) is 0. The maximum atomic E-state index is 4.47. The predicted molar refractivity (Wildman–Crippen MR) is 350 cm³/mol. The minimum Gasteiger partial charge on any atom is -0.253 e. The van der Waals surface area contributed by atoms with Gasteiger partial charge in [0.25, 0.3) is 0 Å². The molecule has 388 valence electrons. The van der Waals surface area contributed by atoms with Crippen LogP contribution in [0, 0.1) is 0 Å². The van der Waals surface area contributed by atoms with Crippen molar-refractivity contribution in [3.8, 4) is 0 Å². The Morgan fingerprint density at radius 2 is 0.679 bits per heavy atom. The van der Waals surface area contributed by atoms with E-state index in [2.05, 4.69) is 250 Å². The van der Waals surface area contributed by atoms with Gasteiger partial charge in [0.1, 0.15) is 0 Å². The van der Waals surface area contributed by atoms with Crippen LogP contribution < -0.4 is 0 Å². The van der Waals surface area contributed by atoms with E-state index in [1.807, 2.05) is 42.5 Å². The van der Waals surface area contributed by atoms with Gasteiger partial charge in [0, 0.05) is 71.7 Å². The molecule has 0 bridgehead atoms. The summed E-state index contributed by atoms with van der Waals surface area (Å²) in [6.07, 6.45) is 14.7. The van der Waals surface area contributed by atoms with E-state index < -0.39 is 0 Å². The van der Waals surface area contributed by atoms with Gasteiger partial charge in [-0.15, -0.1) is 0 Å². The van der Waals surface area contributed by atoms with Gasteiger partial charge in [-0.3, -0.25) is 19.9 Å². The molecule has 84 heavy (non-hydrogen) atoms. The van der Waals surface area contributed by atoms with Gasteiger partial charge in [0.15, 0.2) is 28.2 Å². The van der Waals surface area contributed by atoms with Crippen LogP contribution in [0.25, 0.3) is 131 Å². The molecule has 8 aromatic carbocycles. The molecule has 0 saturated heterocycles. The molecule has 18 aromatic rings. The number of para-hydroxylation sites is 1. The van der Waals surface area contributed by atoms with Crippen molar-refractivity contribution in [2.24, 2.45) is 0 Å². The monoisotopic (exact) mass is 1090 g/mol. The zero-order chi connectivity index (χ0) is 56.3. The first kappa shape index (κ1) is 52.8. The van der Waals surface area contributed by atoms with Crippen LogP contribution in [0.3, 0.4) is 0 Å². The Labute approximate surface area is 484 Å². The summed E-state index contributed by atoms with van der Waals surface area (Å²) in [7, 11) is 1.31. The van der Waals surface area contributed by atoms with Crippen LogP contribution in [-0.2, 0) is 0 Å². The van der Waals surface area contributed by atoms with Gasteiger partial charge in [-0.25, -0.2) is 39.9 Å². The summed E-state index contributed by atoms with van der Waals surface area (Å²) >= 11 is 0. The van der Waals surface area contributed by atoms with Crippen LogP contribution in [0.5, 0.6) is 0 Å². The second-order valence-corrected chi connectivity index (χ2v) is 20.3. The number of hydrogen-bond acceptors (Lipinski definition) is 12. The standard InChI is InChI=1S/C13H9P.2C12H8B2.C12H8N2.C10H6N4.C8H4N6/c1-2-5-11-9-13-12(6-3-7-14-13)8-10(11)4-1;1-2-4-10-6-12-8-14-13-7-11(12)5-9(10)3-1;1-2-4-10-8-12-11(5-6-13-14-12)7-9(10)3-1;1-2-6-11-9(4-1)8-10-5-3-7-13-12(10)14-11;1-2-12-8-6-10-9(5-7(8)11-1)13-3-4-14-10;1-2-10-6-5(9-1)13-7-8(14-6)12-4-3-11-7/h1-9H;3*1-8H;1-6H;1-4H. The van der Waals surface area contributed by atoms with E-state index in [9.17, 15) is 0 Å². The molecule has 0 fully saturated rings. The molecule has 10 heterocycles. The summed E-state index contributed by atoms with van der Waals surface area (Å²) in [5.41, 5.74) is 7.15. The summed E-state index contributed by atoms with van der Waals surface area (Å²) in [5, 5.41) is 18.2. The molecule has 0 aliphatic rings. The van der Waals surface area contributed by atoms with E-state index in [1.165, 1.54) is 72.5 Å². The van der Waals surface area contributed by atoms with Crippen LogP contribution in [0.15, 0.2) is 261 Å². The molecule has 0 saturated carbocycles. The van der Waals surface area contributed by atoms with Crippen LogP contribution in [0.2, 0.25) is 0 Å². The van der Waals surface area contributed by atoms with Crippen molar-refractivity contribution in [2.45, 2.75) is 0 Å². The summed E-state index contributed by atoms with van der Waals surface area (Å²) in [6, 6.07) is 63.4. The van der Waals surface area contributed by atoms with Crippen LogP contribution in [-0.4, -0.2) is 87.0 Å². The Hall–Kier alpha value is -10.6. The summed E-state index contributed by atoms with van der Waals surface area (Å²) in [4.78, 5) is 49.9. The van der Waals surface area contributed by atoms with Gasteiger partial charge >= 0.3 is 167 Å². The molecule has 18 rings (SSSR count). The SMILES string of the molecule is b1bc2cc3ccccc3cc2cc1.b1bcc2cc3ccccc3cc2c1.c1ccc2cc3pcccc3cc2c1.c1ccc2nc3ncccc3cc2c1.c1cnc2cc3nccnc3cc2n1.c1cnc2nc3nccnc3nc2n1. The van der Waals surface area contributed by atoms with E-state index in [1.54, 1.807) is 55.8 Å². The van der Waals surface area contributed by atoms with Gasteiger partial charge in [0.05, 0.1) is 27.6 Å². The van der Waals surface area contributed by atoms with Crippen molar-refractivity contribution in [2.75, 3.05) is 0 Å². The molecule has 0 amide bonds. The quantitative estimate of drug-likeness (QED) is 0.133. The third kappa shape index (κ3) is 12.4. The molecule has 0 atom stereocenters. The van der Waals surface area contributed by atoms with Crippen LogP contribution in [0.1, 0.15) is 0 Å². The largest absolute Gasteiger partial charge is 0.253 e. The predicted octanol–water partition coefficient (Wildman–Crippen LogP) is 14.6. The zero-order valence-electron chi connectivity index (χ0n) is 44.9. The van der Waals surface area contributed by atoms with Crippen molar-refractivity contribution < 1.29 is 0 Å². The van der Waals surface area contributed by atoms with E-state index in [4.69, 9.17) is 0 Å². The van der Waals surface area contributed by atoms with Crippen molar-refractivity contribution in [3.63, 3.8) is 0 Å². The maximum absolute atomic E-state index is 4.47. The summed E-state index contributed by atoms with van der Waals surface area (Å²) in [5.74, 6) is 8.57. The van der Waals surface area contributed by atoms with E-state index >= 15 is 0 Å². The Bertz CT molecular complexity index is 3870. The topological polar surface area (TPSA) is 155 Å². The van der Waals surface area contributed by atoms with Gasteiger partial charge in [-0.2, -0.15) is 0 Å². The Morgan fingerprint density at radius 1 is 0.262 bits per heavy atom. The molecular formula is C67H43B4N12P. The minimum absolute atomic E-state index is 0.487. The fourth-order valence-electron chi connectivity index (χ4n) is 9.72. The number of rotatable bonds is 0. The first-order chi connectivity index (χ1) is 41.6. The fourth-order valence-corrected chi connectivity index (χ4v) is 10.6. The van der Waals surface area contributed by atoms with Gasteiger partial charge in [0.2, 0.25) is 0 Å².